The normalized spacial score (nSPS) is 34.1. The molecule has 0 aromatic heterocycles. The van der Waals surface area contributed by atoms with Crippen LogP contribution < -0.4 is 0 Å². The maximum atomic E-state index is 12.3. The molecule has 0 aromatic rings. The van der Waals surface area contributed by atoms with E-state index in [2.05, 4.69) is 0 Å². The van der Waals surface area contributed by atoms with Gasteiger partial charge in [0, 0.05) is 0 Å². The van der Waals surface area contributed by atoms with E-state index in [-0.39, 0.29) is 38.5 Å². The molecule has 0 saturated heterocycles. The predicted molar refractivity (Wildman–Crippen MR) is 86.1 cm³/mol. The van der Waals surface area contributed by atoms with Gasteiger partial charge in [-0.15, -0.1) is 0 Å². The second-order valence-corrected chi connectivity index (χ2v) is 6.78. The molecule has 1 rings (SSSR count). The molecular formula is C17H26O8. The van der Waals surface area contributed by atoms with Gasteiger partial charge in [-0.1, -0.05) is 40.0 Å². The molecule has 0 spiro atoms. The number of rotatable bonds is 10. The second-order valence-electron chi connectivity index (χ2n) is 6.78. The van der Waals surface area contributed by atoms with Crippen LogP contribution in [-0.2, 0) is 19.2 Å². The summed E-state index contributed by atoms with van der Waals surface area (Å²) in [6, 6.07) is 0. The first-order valence-corrected chi connectivity index (χ1v) is 8.51. The molecule has 0 aliphatic heterocycles. The summed E-state index contributed by atoms with van der Waals surface area (Å²) in [5.74, 6) is -8.01. The van der Waals surface area contributed by atoms with Crippen LogP contribution in [-0.4, -0.2) is 44.3 Å². The van der Waals surface area contributed by atoms with Gasteiger partial charge in [0.25, 0.3) is 0 Å². The molecule has 1 aliphatic carbocycles. The van der Waals surface area contributed by atoms with Crippen molar-refractivity contribution in [2.45, 2.75) is 59.3 Å². The first-order valence-electron chi connectivity index (χ1n) is 8.51. The van der Waals surface area contributed by atoms with Gasteiger partial charge >= 0.3 is 23.9 Å². The molecule has 0 heterocycles. The van der Waals surface area contributed by atoms with Gasteiger partial charge in [0.15, 0.2) is 0 Å². The Morgan fingerprint density at radius 2 is 1.04 bits per heavy atom. The van der Waals surface area contributed by atoms with Crippen LogP contribution in [0.1, 0.15) is 59.3 Å². The van der Waals surface area contributed by atoms with E-state index in [1.165, 1.54) is 0 Å². The third-order valence-electron chi connectivity index (χ3n) is 5.80. The van der Waals surface area contributed by atoms with Gasteiger partial charge in [0.05, 0.1) is 16.7 Å². The Hall–Kier alpha value is -2.12. The first kappa shape index (κ1) is 20.9. The standard InChI is InChI=1S/C17H26O8/c1-4-7-15(12(20)21)10(11(18)19)16(8-5-2,13(22)23)17(15,9-6-3)14(24)25/h10H,4-9H2,1-3H3,(H,18,19)(H,20,21)(H,22,23)(H,24,25). The Labute approximate surface area is 145 Å². The van der Waals surface area contributed by atoms with Crippen LogP contribution >= 0.6 is 0 Å². The first-order chi connectivity index (χ1) is 11.6. The minimum absolute atomic E-state index is 0.204. The molecule has 1 aliphatic rings. The van der Waals surface area contributed by atoms with Gasteiger partial charge in [-0.25, -0.2) is 0 Å². The lowest BCUT2D eigenvalue weighted by atomic mass is 9.28. The Morgan fingerprint density at radius 1 is 0.680 bits per heavy atom. The third kappa shape index (κ3) is 2.26. The van der Waals surface area contributed by atoms with Crippen molar-refractivity contribution in [1.29, 1.82) is 0 Å². The van der Waals surface area contributed by atoms with E-state index in [9.17, 15) is 39.6 Å². The van der Waals surface area contributed by atoms with E-state index in [4.69, 9.17) is 0 Å². The lowest BCUT2D eigenvalue weighted by Crippen LogP contribution is -2.81. The highest BCUT2D eigenvalue weighted by atomic mass is 16.4. The fourth-order valence-electron chi connectivity index (χ4n) is 5.30. The van der Waals surface area contributed by atoms with E-state index < -0.39 is 46.0 Å². The third-order valence-corrected chi connectivity index (χ3v) is 5.80. The molecule has 0 amide bonds. The van der Waals surface area contributed by atoms with Gasteiger partial charge in [-0.3, -0.25) is 19.2 Å². The zero-order chi connectivity index (χ0) is 19.6. The van der Waals surface area contributed by atoms with Gasteiger partial charge in [-0.2, -0.15) is 0 Å². The Balaban J connectivity index is 3.98. The SMILES string of the molecule is CCCC1(C(=O)O)C(C(=O)O)C(CCC)(C(=O)O)C1(CCC)C(=O)O. The van der Waals surface area contributed by atoms with Crippen LogP contribution in [0, 0.1) is 22.2 Å². The van der Waals surface area contributed by atoms with Crippen molar-refractivity contribution < 1.29 is 39.6 Å². The number of carboxylic acids is 4. The molecule has 0 aromatic carbocycles. The Bertz CT molecular complexity index is 551. The van der Waals surface area contributed by atoms with Gasteiger partial charge in [0.1, 0.15) is 5.41 Å². The lowest BCUT2D eigenvalue weighted by molar-refractivity contribution is -0.280. The summed E-state index contributed by atoms with van der Waals surface area (Å²) in [5.41, 5.74) is -6.46. The minimum atomic E-state index is -2.17. The van der Waals surface area contributed by atoms with E-state index in [0.717, 1.165) is 0 Å². The molecule has 2 unspecified atom stereocenters. The highest BCUT2D eigenvalue weighted by Gasteiger charge is 2.89. The lowest BCUT2D eigenvalue weighted by Gasteiger charge is -2.68. The topological polar surface area (TPSA) is 149 Å². The summed E-state index contributed by atoms with van der Waals surface area (Å²) in [5, 5.41) is 39.6. The van der Waals surface area contributed by atoms with Crippen molar-refractivity contribution in [2.24, 2.45) is 22.2 Å². The second kappa shape index (κ2) is 7.01. The summed E-state index contributed by atoms with van der Waals surface area (Å²) in [6.07, 6.45) is 0.0861. The highest BCUT2D eigenvalue weighted by molar-refractivity contribution is 6.03. The van der Waals surface area contributed by atoms with E-state index in [1.807, 2.05) is 0 Å². The zero-order valence-corrected chi connectivity index (χ0v) is 14.7. The summed E-state index contributed by atoms with van der Waals surface area (Å²) in [6.45, 7) is 4.89. The molecule has 2 atom stereocenters. The fourth-order valence-corrected chi connectivity index (χ4v) is 5.30. The number of hydrogen-bond acceptors (Lipinski definition) is 4. The molecule has 142 valence electrons. The predicted octanol–water partition coefficient (Wildman–Crippen LogP) is 2.31. The molecule has 8 nitrogen and oxygen atoms in total. The van der Waals surface area contributed by atoms with E-state index in [0.29, 0.717) is 0 Å². The Morgan fingerprint density at radius 3 is 1.24 bits per heavy atom. The zero-order valence-electron chi connectivity index (χ0n) is 14.7. The molecule has 1 fully saturated rings. The number of hydrogen-bond donors (Lipinski definition) is 4. The molecule has 1 saturated carbocycles. The highest BCUT2D eigenvalue weighted by Crippen LogP contribution is 2.77. The van der Waals surface area contributed by atoms with Crippen molar-refractivity contribution in [1.82, 2.24) is 0 Å². The average Bonchev–Trinajstić information content (AvgIpc) is 2.49. The summed E-state index contributed by atoms with van der Waals surface area (Å²) in [7, 11) is 0. The number of carboxylic acid groups (broad SMARTS) is 4. The maximum absolute atomic E-state index is 12.3. The molecular weight excluding hydrogens is 332 g/mol. The number of aliphatic carboxylic acids is 4. The minimum Gasteiger partial charge on any atom is -0.481 e. The van der Waals surface area contributed by atoms with E-state index in [1.54, 1.807) is 20.8 Å². The molecule has 4 N–H and O–H groups in total. The van der Waals surface area contributed by atoms with Crippen molar-refractivity contribution >= 4 is 23.9 Å². The number of carbonyl (C=O) groups is 4. The van der Waals surface area contributed by atoms with Crippen LogP contribution in [0.15, 0.2) is 0 Å². The molecule has 8 heteroatoms. The van der Waals surface area contributed by atoms with Crippen molar-refractivity contribution in [3.8, 4) is 0 Å². The van der Waals surface area contributed by atoms with Gasteiger partial charge in [0.2, 0.25) is 0 Å². The molecule has 25 heavy (non-hydrogen) atoms. The average molecular weight is 358 g/mol. The van der Waals surface area contributed by atoms with Crippen LogP contribution in [0.5, 0.6) is 0 Å². The van der Waals surface area contributed by atoms with E-state index >= 15 is 0 Å². The maximum Gasteiger partial charge on any atom is 0.312 e. The van der Waals surface area contributed by atoms with Crippen LogP contribution in [0.2, 0.25) is 0 Å². The molecule has 0 bridgehead atoms. The summed E-state index contributed by atoms with van der Waals surface area (Å²) < 4.78 is 0. The van der Waals surface area contributed by atoms with Crippen molar-refractivity contribution in [3.05, 3.63) is 0 Å². The largest absolute Gasteiger partial charge is 0.481 e. The smallest absolute Gasteiger partial charge is 0.312 e. The summed E-state index contributed by atoms with van der Waals surface area (Å²) in [4.78, 5) is 48.7. The van der Waals surface area contributed by atoms with Crippen LogP contribution in [0.25, 0.3) is 0 Å². The fraction of sp³-hybridized carbons (Fsp3) is 0.765. The van der Waals surface area contributed by atoms with Crippen molar-refractivity contribution in [3.63, 3.8) is 0 Å². The van der Waals surface area contributed by atoms with Gasteiger partial charge < -0.3 is 20.4 Å². The summed E-state index contributed by atoms with van der Waals surface area (Å²) >= 11 is 0. The monoisotopic (exact) mass is 358 g/mol. The van der Waals surface area contributed by atoms with Crippen molar-refractivity contribution in [2.75, 3.05) is 0 Å². The van der Waals surface area contributed by atoms with Crippen LogP contribution in [0.4, 0.5) is 0 Å². The quantitative estimate of drug-likeness (QED) is 0.465. The molecule has 0 radical (unpaired) electrons. The Kier molecular flexibility index (Phi) is 5.87. The van der Waals surface area contributed by atoms with Crippen LogP contribution in [0.3, 0.4) is 0 Å². The van der Waals surface area contributed by atoms with Gasteiger partial charge in [-0.05, 0) is 19.3 Å².